The molecule has 9 atom stereocenters. The molecule has 0 unspecified atom stereocenters. The minimum Gasteiger partial charge on any atom is -0.469 e. The Morgan fingerprint density at radius 2 is 1.76 bits per heavy atom. The number of benzene rings is 1. The van der Waals surface area contributed by atoms with Crippen molar-refractivity contribution >= 4 is 29.7 Å². The number of rotatable bonds is 9. The molecule has 3 fully saturated rings. The van der Waals surface area contributed by atoms with E-state index in [1.165, 1.54) is 25.3 Å². The maximum Gasteiger partial charge on any atom is 0.432 e. The lowest BCUT2D eigenvalue weighted by atomic mass is 9.43. The number of esters is 4. The molecule has 1 aromatic carbocycles. The van der Waals surface area contributed by atoms with Crippen molar-refractivity contribution < 1.29 is 60.8 Å². The summed E-state index contributed by atoms with van der Waals surface area (Å²) < 4.78 is 69.6. The van der Waals surface area contributed by atoms with Crippen molar-refractivity contribution in [1.82, 2.24) is 0 Å². The summed E-state index contributed by atoms with van der Waals surface area (Å²) in [4.78, 5) is 65.7. The molecule has 252 valence electrons. The first-order chi connectivity index (χ1) is 21.5. The molecular formula is C33H39F3O10. The molecule has 4 rings (SSSR count). The Labute approximate surface area is 264 Å². The van der Waals surface area contributed by atoms with E-state index in [2.05, 4.69) is 6.58 Å². The molecule has 1 saturated heterocycles. The highest BCUT2D eigenvalue weighted by molar-refractivity contribution is 5.93. The number of ketones is 1. The Bertz CT molecular complexity index is 1380. The SMILES string of the molecule is C=C[C@H](C[C@@H]1C[C@]2(C)[C@H]3C(=O)[C@@H](OC(C)=O)C[C@@H](C(=O)OC)[C@]3(C)CC[C@H]2C(=O)O1)OC(=O)[C@](OC)(c1ccccc1)C(F)(F)F. The van der Waals surface area contributed by atoms with Crippen molar-refractivity contribution in [2.24, 2.45) is 28.6 Å². The predicted octanol–water partition coefficient (Wildman–Crippen LogP) is 4.63. The van der Waals surface area contributed by atoms with Gasteiger partial charge in [-0.15, -0.1) is 0 Å². The molecular weight excluding hydrogens is 613 g/mol. The minimum atomic E-state index is -5.20. The van der Waals surface area contributed by atoms with Crippen molar-refractivity contribution in [3.8, 4) is 0 Å². The van der Waals surface area contributed by atoms with E-state index in [0.717, 1.165) is 32.2 Å². The molecule has 0 radical (unpaired) electrons. The summed E-state index contributed by atoms with van der Waals surface area (Å²) in [6.07, 6.45) is -7.34. The number of Topliss-reactive ketones (excluding diaryl/α,β-unsaturated/α-hetero) is 1. The van der Waals surface area contributed by atoms with Gasteiger partial charge in [0.25, 0.3) is 5.60 Å². The summed E-state index contributed by atoms with van der Waals surface area (Å²) in [5.41, 5.74) is -6.00. The molecule has 2 saturated carbocycles. The van der Waals surface area contributed by atoms with Gasteiger partial charge in [0.15, 0.2) is 11.9 Å². The number of ether oxygens (including phenoxy) is 5. The molecule has 0 N–H and O–H groups in total. The van der Waals surface area contributed by atoms with Crippen LogP contribution in [0.25, 0.3) is 0 Å². The maximum absolute atomic E-state index is 14.5. The first-order valence-corrected chi connectivity index (χ1v) is 15.0. The second-order valence-electron chi connectivity index (χ2n) is 12.8. The Morgan fingerprint density at radius 3 is 2.30 bits per heavy atom. The van der Waals surface area contributed by atoms with Crippen LogP contribution in [-0.2, 0) is 53.3 Å². The quantitative estimate of drug-likeness (QED) is 0.211. The van der Waals surface area contributed by atoms with Crippen molar-refractivity contribution in [1.29, 1.82) is 0 Å². The summed E-state index contributed by atoms with van der Waals surface area (Å²) in [6.45, 7) is 8.29. The van der Waals surface area contributed by atoms with Crippen molar-refractivity contribution in [3.05, 3.63) is 48.6 Å². The number of hydrogen-bond donors (Lipinski definition) is 0. The van der Waals surface area contributed by atoms with E-state index in [9.17, 15) is 37.1 Å². The summed E-state index contributed by atoms with van der Waals surface area (Å²) in [5, 5.41) is 0. The van der Waals surface area contributed by atoms with E-state index in [1.54, 1.807) is 13.8 Å². The van der Waals surface area contributed by atoms with E-state index >= 15 is 0 Å². The lowest BCUT2D eigenvalue weighted by molar-refractivity contribution is -0.277. The molecule has 1 aliphatic heterocycles. The molecule has 13 heteroatoms. The molecule has 10 nitrogen and oxygen atoms in total. The zero-order valence-electron chi connectivity index (χ0n) is 26.4. The number of hydrogen-bond acceptors (Lipinski definition) is 10. The summed E-state index contributed by atoms with van der Waals surface area (Å²) in [7, 11) is 1.98. The number of carbonyl (C=O) groups excluding carboxylic acids is 5. The number of fused-ring (bicyclic) bond motifs is 3. The smallest absolute Gasteiger partial charge is 0.432 e. The highest BCUT2D eigenvalue weighted by Gasteiger charge is 2.68. The van der Waals surface area contributed by atoms with E-state index in [-0.39, 0.29) is 19.3 Å². The lowest BCUT2D eigenvalue weighted by Crippen LogP contribution is -2.65. The normalized spacial score (nSPS) is 32.8. The fourth-order valence-electron chi connectivity index (χ4n) is 8.13. The van der Waals surface area contributed by atoms with E-state index in [0.29, 0.717) is 12.8 Å². The van der Waals surface area contributed by atoms with Crippen molar-refractivity contribution in [2.75, 3.05) is 14.2 Å². The maximum atomic E-state index is 14.5. The standard InChI is InChI=1S/C33H39F3O10/c1-7-20(46-29(41)32(43-6,33(34,35)36)19-11-9-8-10-12-19)15-21-17-31(4)22(28(40)45-21)13-14-30(3)23(27(39)42-5)16-24(44-18(2)37)25(38)26(30)31/h7-12,20-24,26H,1,13-17H2,2-6H3/t20-,21-,22+,23+,24+,26+,30+,31+,32-/m1/s1. The van der Waals surface area contributed by atoms with Crippen LogP contribution in [0.4, 0.5) is 13.2 Å². The van der Waals surface area contributed by atoms with E-state index in [4.69, 9.17) is 23.7 Å². The van der Waals surface area contributed by atoms with Gasteiger partial charge in [0.2, 0.25) is 0 Å². The van der Waals surface area contributed by atoms with Crippen LogP contribution in [0, 0.1) is 28.6 Å². The average molecular weight is 653 g/mol. The van der Waals surface area contributed by atoms with Gasteiger partial charge in [-0.2, -0.15) is 13.2 Å². The van der Waals surface area contributed by atoms with E-state index < -0.39 is 93.9 Å². The van der Waals surface area contributed by atoms with Gasteiger partial charge in [-0.1, -0.05) is 56.8 Å². The summed E-state index contributed by atoms with van der Waals surface area (Å²) in [5.74, 6) is -6.58. The van der Waals surface area contributed by atoms with Gasteiger partial charge < -0.3 is 23.7 Å². The minimum absolute atomic E-state index is 0.0470. The van der Waals surface area contributed by atoms with Crippen LogP contribution in [0.3, 0.4) is 0 Å². The van der Waals surface area contributed by atoms with Crippen LogP contribution in [0.5, 0.6) is 0 Å². The zero-order valence-corrected chi connectivity index (χ0v) is 26.4. The van der Waals surface area contributed by atoms with Gasteiger partial charge in [-0.05, 0) is 30.1 Å². The number of halogens is 3. The van der Waals surface area contributed by atoms with Crippen molar-refractivity contribution in [3.63, 3.8) is 0 Å². The van der Waals surface area contributed by atoms with Crippen molar-refractivity contribution in [2.45, 2.75) is 83.0 Å². The van der Waals surface area contributed by atoms with Gasteiger partial charge >= 0.3 is 30.1 Å². The number of cyclic esters (lactones) is 1. The fourth-order valence-corrected chi connectivity index (χ4v) is 8.13. The lowest BCUT2D eigenvalue weighted by Gasteiger charge is -2.61. The molecule has 46 heavy (non-hydrogen) atoms. The Hall–Kier alpha value is -3.74. The molecule has 1 heterocycles. The fraction of sp³-hybridized carbons (Fsp3) is 0.606. The molecule has 0 bridgehead atoms. The van der Waals surface area contributed by atoms with Gasteiger partial charge in [0.05, 0.1) is 18.9 Å². The molecule has 0 amide bonds. The van der Waals surface area contributed by atoms with Crippen LogP contribution in [-0.4, -0.2) is 68.4 Å². The third-order valence-corrected chi connectivity index (χ3v) is 10.2. The zero-order chi connectivity index (χ0) is 34.2. The first-order valence-electron chi connectivity index (χ1n) is 15.0. The second-order valence-corrected chi connectivity index (χ2v) is 12.8. The second kappa shape index (κ2) is 12.8. The number of methoxy groups -OCH3 is 2. The van der Waals surface area contributed by atoms with Crippen LogP contribution >= 0.6 is 0 Å². The third kappa shape index (κ3) is 5.82. The van der Waals surface area contributed by atoms with Crippen LogP contribution in [0.2, 0.25) is 0 Å². The van der Waals surface area contributed by atoms with Crippen LogP contribution in [0.15, 0.2) is 43.0 Å². The highest BCUT2D eigenvalue weighted by atomic mass is 19.4. The summed E-state index contributed by atoms with van der Waals surface area (Å²) in [6, 6.07) is 6.33. The Kier molecular flexibility index (Phi) is 9.78. The molecule has 0 spiro atoms. The van der Waals surface area contributed by atoms with Crippen LogP contribution in [0.1, 0.15) is 58.4 Å². The van der Waals surface area contributed by atoms with Gasteiger partial charge in [0, 0.05) is 38.4 Å². The Balaban J connectivity index is 1.65. The molecule has 0 aromatic heterocycles. The predicted molar refractivity (Wildman–Crippen MR) is 153 cm³/mol. The van der Waals surface area contributed by atoms with Gasteiger partial charge in [0.1, 0.15) is 12.2 Å². The van der Waals surface area contributed by atoms with E-state index in [1.807, 2.05) is 0 Å². The molecule has 1 aromatic rings. The van der Waals surface area contributed by atoms with Gasteiger partial charge in [-0.25, -0.2) is 4.79 Å². The average Bonchev–Trinajstić information content (AvgIpc) is 2.97. The van der Waals surface area contributed by atoms with Crippen LogP contribution < -0.4 is 0 Å². The number of alkyl halides is 3. The highest BCUT2D eigenvalue weighted by Crippen LogP contribution is 2.64. The first kappa shape index (κ1) is 35.1. The molecule has 3 aliphatic rings. The number of carbonyl (C=O) groups is 5. The van der Waals surface area contributed by atoms with Gasteiger partial charge in [-0.3, -0.25) is 19.2 Å². The molecule has 2 aliphatic carbocycles. The monoisotopic (exact) mass is 652 g/mol. The summed E-state index contributed by atoms with van der Waals surface area (Å²) >= 11 is 0. The third-order valence-electron chi connectivity index (χ3n) is 10.2. The Morgan fingerprint density at radius 1 is 1.11 bits per heavy atom. The largest absolute Gasteiger partial charge is 0.469 e. The topological polar surface area (TPSA) is 132 Å².